The number of carbonyl (C=O) groups is 2. The molecule has 0 saturated carbocycles. The van der Waals surface area contributed by atoms with Gasteiger partial charge >= 0.3 is 11.9 Å². The fourth-order valence-electron chi connectivity index (χ4n) is 1.17. The fourth-order valence-corrected chi connectivity index (χ4v) is 1.17. The summed E-state index contributed by atoms with van der Waals surface area (Å²) in [5.41, 5.74) is 0.900. The van der Waals surface area contributed by atoms with Crippen molar-refractivity contribution in [3.63, 3.8) is 0 Å². The molecule has 0 aromatic carbocycles. The van der Waals surface area contributed by atoms with Crippen molar-refractivity contribution in [1.29, 1.82) is 0 Å². The highest BCUT2D eigenvalue weighted by atomic mass is 16.5. The number of rotatable bonds is 7. The summed E-state index contributed by atoms with van der Waals surface area (Å²) in [7, 11) is 2.65. The number of carbonyl (C=O) groups excluding carboxylic acids is 2. The topological polar surface area (TPSA) is 52.6 Å². The SMILES string of the molecule is C=C(CCCCC(=C)C(=O)OC)C(=O)OC. The van der Waals surface area contributed by atoms with Crippen molar-refractivity contribution in [1.82, 2.24) is 0 Å². The van der Waals surface area contributed by atoms with Crippen molar-refractivity contribution in [3.8, 4) is 0 Å². The molecule has 16 heavy (non-hydrogen) atoms. The first-order chi connectivity index (χ1) is 7.52. The van der Waals surface area contributed by atoms with Crippen molar-refractivity contribution in [2.75, 3.05) is 14.2 Å². The van der Waals surface area contributed by atoms with Crippen LogP contribution in [0.15, 0.2) is 24.3 Å². The normalized spacial score (nSPS) is 9.38. The van der Waals surface area contributed by atoms with Crippen molar-refractivity contribution < 1.29 is 19.1 Å². The molecule has 0 aliphatic rings. The van der Waals surface area contributed by atoms with Crippen LogP contribution in [0, 0.1) is 0 Å². The van der Waals surface area contributed by atoms with Crippen LogP contribution in [0.1, 0.15) is 25.7 Å². The van der Waals surface area contributed by atoms with E-state index in [-0.39, 0.29) is 11.9 Å². The molecule has 0 atom stereocenters. The van der Waals surface area contributed by atoms with Crippen LogP contribution in [0.5, 0.6) is 0 Å². The van der Waals surface area contributed by atoms with Crippen LogP contribution < -0.4 is 0 Å². The summed E-state index contributed by atoms with van der Waals surface area (Å²) in [5.74, 6) is -0.765. The van der Waals surface area contributed by atoms with Gasteiger partial charge in [-0.3, -0.25) is 0 Å². The third kappa shape index (κ3) is 5.34. The third-order valence-electron chi connectivity index (χ3n) is 2.16. The zero-order chi connectivity index (χ0) is 12.6. The summed E-state index contributed by atoms with van der Waals surface area (Å²) in [6, 6.07) is 0. The summed E-state index contributed by atoms with van der Waals surface area (Å²) in [5, 5.41) is 0. The van der Waals surface area contributed by atoms with Crippen molar-refractivity contribution in [3.05, 3.63) is 24.3 Å². The highest BCUT2D eigenvalue weighted by molar-refractivity contribution is 5.88. The van der Waals surface area contributed by atoms with E-state index in [1.807, 2.05) is 0 Å². The van der Waals surface area contributed by atoms with Gasteiger partial charge in [0.05, 0.1) is 14.2 Å². The number of hydrogen-bond acceptors (Lipinski definition) is 4. The van der Waals surface area contributed by atoms with Crippen molar-refractivity contribution >= 4 is 11.9 Å². The lowest BCUT2D eigenvalue weighted by atomic mass is 10.1. The van der Waals surface area contributed by atoms with Gasteiger partial charge in [-0.15, -0.1) is 0 Å². The van der Waals surface area contributed by atoms with E-state index < -0.39 is 0 Å². The van der Waals surface area contributed by atoms with Crippen LogP contribution in [-0.4, -0.2) is 26.2 Å². The molecule has 0 heterocycles. The number of methoxy groups -OCH3 is 2. The van der Waals surface area contributed by atoms with E-state index in [2.05, 4.69) is 22.6 Å². The van der Waals surface area contributed by atoms with Gasteiger partial charge in [0.25, 0.3) is 0 Å². The molecule has 0 aliphatic heterocycles. The second-order valence-electron chi connectivity index (χ2n) is 3.40. The molecule has 0 N–H and O–H groups in total. The Morgan fingerprint density at radius 1 is 0.875 bits per heavy atom. The Hall–Kier alpha value is -1.58. The second-order valence-corrected chi connectivity index (χ2v) is 3.40. The molecule has 0 radical (unpaired) electrons. The van der Waals surface area contributed by atoms with Gasteiger partial charge < -0.3 is 9.47 Å². The molecule has 4 nitrogen and oxygen atoms in total. The standard InChI is InChI=1S/C12H18O4/c1-9(11(13)15-3)7-5-6-8-10(2)12(14)16-4/h1-2,5-8H2,3-4H3. The number of esters is 2. The zero-order valence-corrected chi connectivity index (χ0v) is 9.88. The maximum absolute atomic E-state index is 11.0. The van der Waals surface area contributed by atoms with Gasteiger partial charge in [-0.05, 0) is 25.7 Å². The van der Waals surface area contributed by atoms with E-state index in [9.17, 15) is 9.59 Å². The average Bonchev–Trinajstić information content (AvgIpc) is 2.31. The smallest absolute Gasteiger partial charge is 0.333 e. The summed E-state index contributed by atoms with van der Waals surface area (Å²) in [6.07, 6.45) is 2.68. The highest BCUT2D eigenvalue weighted by Gasteiger charge is 2.08. The Balaban J connectivity index is 3.69. The van der Waals surface area contributed by atoms with E-state index in [0.29, 0.717) is 24.0 Å². The predicted octanol–water partition coefficient (Wildman–Crippen LogP) is 2.01. The minimum absolute atomic E-state index is 0.383. The summed E-state index contributed by atoms with van der Waals surface area (Å²) >= 11 is 0. The molecular formula is C12H18O4. The molecule has 0 spiro atoms. The molecule has 0 aromatic rings. The Morgan fingerprint density at radius 3 is 1.44 bits per heavy atom. The lowest BCUT2D eigenvalue weighted by molar-refractivity contribution is -0.137. The van der Waals surface area contributed by atoms with Crippen LogP contribution in [0.2, 0.25) is 0 Å². The molecular weight excluding hydrogens is 208 g/mol. The van der Waals surface area contributed by atoms with Gasteiger partial charge in [-0.2, -0.15) is 0 Å². The van der Waals surface area contributed by atoms with Crippen LogP contribution in [-0.2, 0) is 19.1 Å². The first kappa shape index (κ1) is 14.4. The molecule has 4 heteroatoms. The van der Waals surface area contributed by atoms with Crippen molar-refractivity contribution in [2.24, 2.45) is 0 Å². The molecule has 0 fully saturated rings. The lowest BCUT2D eigenvalue weighted by Crippen LogP contribution is -2.05. The first-order valence-corrected chi connectivity index (χ1v) is 5.05. The van der Waals surface area contributed by atoms with Gasteiger partial charge in [0.2, 0.25) is 0 Å². The molecule has 0 rings (SSSR count). The second kappa shape index (κ2) is 7.68. The monoisotopic (exact) mass is 226 g/mol. The van der Waals surface area contributed by atoms with E-state index in [4.69, 9.17) is 0 Å². The zero-order valence-electron chi connectivity index (χ0n) is 9.88. The van der Waals surface area contributed by atoms with E-state index in [0.717, 1.165) is 12.8 Å². The molecule has 0 unspecified atom stereocenters. The fraction of sp³-hybridized carbons (Fsp3) is 0.500. The maximum atomic E-state index is 11.0. The number of ether oxygens (including phenoxy) is 2. The van der Waals surface area contributed by atoms with E-state index in [1.54, 1.807) is 0 Å². The minimum atomic E-state index is -0.383. The van der Waals surface area contributed by atoms with Gasteiger partial charge in [0.1, 0.15) is 0 Å². The Bertz CT molecular complexity index is 261. The quantitative estimate of drug-likeness (QED) is 0.378. The molecule has 0 saturated heterocycles. The minimum Gasteiger partial charge on any atom is -0.466 e. The number of hydrogen-bond donors (Lipinski definition) is 0. The first-order valence-electron chi connectivity index (χ1n) is 5.05. The van der Waals surface area contributed by atoms with E-state index in [1.165, 1.54) is 14.2 Å². The predicted molar refractivity (Wildman–Crippen MR) is 60.8 cm³/mol. The van der Waals surface area contributed by atoms with Crippen LogP contribution in [0.25, 0.3) is 0 Å². The summed E-state index contributed by atoms with van der Waals surface area (Å²) < 4.78 is 9.03. The molecule has 0 aliphatic carbocycles. The van der Waals surface area contributed by atoms with Gasteiger partial charge in [-0.25, -0.2) is 9.59 Å². The molecule has 0 bridgehead atoms. The summed E-state index contributed by atoms with van der Waals surface area (Å²) in [4.78, 5) is 22.0. The summed E-state index contributed by atoms with van der Waals surface area (Å²) in [6.45, 7) is 7.21. The molecule has 0 amide bonds. The van der Waals surface area contributed by atoms with Gasteiger partial charge in [-0.1, -0.05) is 13.2 Å². The molecule has 0 aromatic heterocycles. The lowest BCUT2D eigenvalue weighted by Gasteiger charge is -2.04. The largest absolute Gasteiger partial charge is 0.466 e. The van der Waals surface area contributed by atoms with Crippen molar-refractivity contribution in [2.45, 2.75) is 25.7 Å². The third-order valence-corrected chi connectivity index (χ3v) is 2.16. The van der Waals surface area contributed by atoms with Gasteiger partial charge in [0, 0.05) is 11.1 Å². The maximum Gasteiger partial charge on any atom is 0.333 e. The number of unbranched alkanes of at least 4 members (excludes halogenated alkanes) is 1. The van der Waals surface area contributed by atoms with Gasteiger partial charge in [0.15, 0.2) is 0 Å². The van der Waals surface area contributed by atoms with E-state index >= 15 is 0 Å². The Kier molecular flexibility index (Phi) is 6.92. The Morgan fingerprint density at radius 2 is 1.19 bits per heavy atom. The van der Waals surface area contributed by atoms with Crippen LogP contribution in [0.4, 0.5) is 0 Å². The average molecular weight is 226 g/mol. The Labute approximate surface area is 95.9 Å². The van der Waals surface area contributed by atoms with Crippen LogP contribution >= 0.6 is 0 Å². The molecule has 90 valence electrons. The van der Waals surface area contributed by atoms with Crippen LogP contribution in [0.3, 0.4) is 0 Å². The highest BCUT2D eigenvalue weighted by Crippen LogP contribution is 2.12.